The van der Waals surface area contributed by atoms with Gasteiger partial charge in [0.15, 0.2) is 0 Å². The van der Waals surface area contributed by atoms with Gasteiger partial charge in [0.2, 0.25) is 0 Å². The highest BCUT2D eigenvalue weighted by molar-refractivity contribution is 6.32. The summed E-state index contributed by atoms with van der Waals surface area (Å²) in [6.07, 6.45) is 1.87. The van der Waals surface area contributed by atoms with Crippen molar-refractivity contribution in [1.29, 1.82) is 0 Å². The number of nitro groups is 1. The average Bonchev–Trinajstić information content (AvgIpc) is 3.14. The van der Waals surface area contributed by atoms with E-state index in [0.717, 1.165) is 18.4 Å². The smallest absolute Gasteiger partial charge is 0.288 e. The molecule has 98 valence electrons. The first-order valence-corrected chi connectivity index (χ1v) is 6.27. The molecule has 1 aromatic rings. The molecule has 2 rings (SSSR count). The van der Waals surface area contributed by atoms with E-state index in [0.29, 0.717) is 19.0 Å². The molecule has 1 aliphatic rings. The first kappa shape index (κ1) is 13.3. The zero-order valence-electron chi connectivity index (χ0n) is 9.80. The maximum Gasteiger partial charge on any atom is 0.288 e. The maximum atomic E-state index is 10.7. The number of rotatable bonds is 6. The minimum Gasteiger partial charge on any atom is -0.392 e. The third-order valence-corrected chi connectivity index (χ3v) is 3.38. The third kappa shape index (κ3) is 3.41. The fourth-order valence-corrected chi connectivity index (χ4v) is 2.01. The van der Waals surface area contributed by atoms with E-state index >= 15 is 0 Å². The SMILES string of the molecule is O=[N+]([O-])c1cc(CNCC(O)C2CC2)ccc1Cl. The van der Waals surface area contributed by atoms with E-state index in [-0.39, 0.29) is 16.8 Å². The highest BCUT2D eigenvalue weighted by atomic mass is 35.5. The molecular weight excluding hydrogens is 256 g/mol. The number of hydrogen-bond donors (Lipinski definition) is 2. The minimum absolute atomic E-state index is 0.0845. The third-order valence-electron chi connectivity index (χ3n) is 3.06. The maximum absolute atomic E-state index is 10.7. The van der Waals surface area contributed by atoms with Gasteiger partial charge in [-0.25, -0.2) is 0 Å². The summed E-state index contributed by atoms with van der Waals surface area (Å²) in [5.41, 5.74) is 0.702. The number of benzene rings is 1. The largest absolute Gasteiger partial charge is 0.392 e. The van der Waals surface area contributed by atoms with Crippen LogP contribution in [0.3, 0.4) is 0 Å². The van der Waals surface area contributed by atoms with Gasteiger partial charge < -0.3 is 10.4 Å². The number of nitrogens with one attached hydrogen (secondary N) is 1. The van der Waals surface area contributed by atoms with E-state index in [9.17, 15) is 15.2 Å². The first-order chi connectivity index (χ1) is 8.58. The molecule has 0 amide bonds. The molecule has 0 heterocycles. The van der Waals surface area contributed by atoms with Gasteiger partial charge in [-0.15, -0.1) is 0 Å². The zero-order chi connectivity index (χ0) is 13.1. The van der Waals surface area contributed by atoms with Gasteiger partial charge in [0, 0.05) is 19.2 Å². The van der Waals surface area contributed by atoms with Crippen molar-refractivity contribution >= 4 is 17.3 Å². The number of nitrogens with zero attached hydrogens (tertiary/aromatic N) is 1. The Hall–Kier alpha value is -1.17. The van der Waals surface area contributed by atoms with Crippen LogP contribution in [0, 0.1) is 16.0 Å². The van der Waals surface area contributed by atoms with Crippen LogP contribution >= 0.6 is 11.6 Å². The van der Waals surface area contributed by atoms with E-state index in [2.05, 4.69) is 5.32 Å². The average molecular weight is 271 g/mol. The Labute approximate surface area is 110 Å². The molecule has 2 N–H and O–H groups in total. The number of aliphatic hydroxyl groups is 1. The quantitative estimate of drug-likeness (QED) is 0.613. The van der Waals surface area contributed by atoms with Crippen LogP contribution in [-0.2, 0) is 6.54 Å². The fraction of sp³-hybridized carbons (Fsp3) is 0.500. The molecule has 0 aliphatic heterocycles. The second-order valence-electron chi connectivity index (χ2n) is 4.58. The summed E-state index contributed by atoms with van der Waals surface area (Å²) in [5.74, 6) is 0.428. The van der Waals surface area contributed by atoms with Crippen LogP contribution in [0.4, 0.5) is 5.69 Å². The normalized spacial score (nSPS) is 16.6. The molecule has 18 heavy (non-hydrogen) atoms. The van der Waals surface area contributed by atoms with E-state index in [1.807, 2.05) is 0 Å². The molecule has 1 aromatic carbocycles. The predicted molar refractivity (Wildman–Crippen MR) is 68.5 cm³/mol. The van der Waals surface area contributed by atoms with Gasteiger partial charge in [-0.05, 0) is 30.4 Å². The number of aliphatic hydroxyl groups excluding tert-OH is 1. The summed E-state index contributed by atoms with van der Waals surface area (Å²) in [4.78, 5) is 10.2. The van der Waals surface area contributed by atoms with Gasteiger partial charge in [-0.1, -0.05) is 17.7 Å². The molecule has 1 unspecified atom stereocenters. The number of hydrogen-bond acceptors (Lipinski definition) is 4. The summed E-state index contributed by atoms with van der Waals surface area (Å²) in [6.45, 7) is 1.00. The second-order valence-corrected chi connectivity index (χ2v) is 4.99. The topological polar surface area (TPSA) is 75.4 Å². The van der Waals surface area contributed by atoms with Gasteiger partial charge in [-0.3, -0.25) is 10.1 Å². The van der Waals surface area contributed by atoms with Crippen LogP contribution in [0.5, 0.6) is 0 Å². The van der Waals surface area contributed by atoms with E-state index in [4.69, 9.17) is 11.6 Å². The van der Waals surface area contributed by atoms with Crippen molar-refractivity contribution in [2.24, 2.45) is 5.92 Å². The van der Waals surface area contributed by atoms with Crippen LogP contribution in [0.15, 0.2) is 18.2 Å². The van der Waals surface area contributed by atoms with Crippen LogP contribution in [0.1, 0.15) is 18.4 Å². The Morgan fingerprint density at radius 2 is 2.28 bits per heavy atom. The summed E-state index contributed by atoms with van der Waals surface area (Å²) in [7, 11) is 0. The summed E-state index contributed by atoms with van der Waals surface area (Å²) in [5, 5.41) is 23.6. The number of nitro benzene ring substituents is 1. The second kappa shape index (κ2) is 5.65. The lowest BCUT2D eigenvalue weighted by Gasteiger charge is -2.10. The molecule has 1 atom stereocenters. The van der Waals surface area contributed by atoms with E-state index in [1.165, 1.54) is 12.1 Å². The molecular formula is C12H15ClN2O3. The van der Waals surface area contributed by atoms with Crippen molar-refractivity contribution in [1.82, 2.24) is 5.32 Å². The molecule has 1 saturated carbocycles. The van der Waals surface area contributed by atoms with Crippen LogP contribution in [0.25, 0.3) is 0 Å². The van der Waals surface area contributed by atoms with Crippen molar-refractivity contribution < 1.29 is 10.0 Å². The lowest BCUT2D eigenvalue weighted by Crippen LogP contribution is -2.27. The van der Waals surface area contributed by atoms with Crippen molar-refractivity contribution in [2.75, 3.05) is 6.54 Å². The van der Waals surface area contributed by atoms with Gasteiger partial charge >= 0.3 is 0 Å². The van der Waals surface area contributed by atoms with E-state index in [1.54, 1.807) is 6.07 Å². The van der Waals surface area contributed by atoms with Crippen LogP contribution in [-0.4, -0.2) is 22.7 Å². The molecule has 6 heteroatoms. The number of halogens is 1. The molecule has 0 radical (unpaired) electrons. The van der Waals surface area contributed by atoms with Crippen molar-refractivity contribution in [3.8, 4) is 0 Å². The standard InChI is InChI=1S/C12H15ClN2O3/c13-10-4-1-8(5-11(10)15(17)18)6-14-7-12(16)9-2-3-9/h1,4-5,9,12,14,16H,2-3,6-7H2. The molecule has 0 spiro atoms. The van der Waals surface area contributed by atoms with E-state index < -0.39 is 4.92 Å². The van der Waals surface area contributed by atoms with Crippen molar-refractivity contribution in [2.45, 2.75) is 25.5 Å². The Bertz CT molecular complexity index is 449. The minimum atomic E-state index is -0.495. The fourth-order valence-electron chi connectivity index (χ4n) is 1.82. The summed E-state index contributed by atoms with van der Waals surface area (Å²) < 4.78 is 0. The summed E-state index contributed by atoms with van der Waals surface area (Å²) >= 11 is 5.72. The predicted octanol–water partition coefficient (Wildman–Crippen LogP) is 2.11. The highest BCUT2D eigenvalue weighted by Gasteiger charge is 2.29. The monoisotopic (exact) mass is 270 g/mol. The zero-order valence-corrected chi connectivity index (χ0v) is 10.6. The van der Waals surface area contributed by atoms with Gasteiger partial charge in [-0.2, -0.15) is 0 Å². The molecule has 1 fully saturated rings. The van der Waals surface area contributed by atoms with Gasteiger partial charge in [0.05, 0.1) is 11.0 Å². The Morgan fingerprint density at radius 3 is 2.89 bits per heavy atom. The van der Waals surface area contributed by atoms with Crippen LogP contribution in [0.2, 0.25) is 5.02 Å². The first-order valence-electron chi connectivity index (χ1n) is 5.89. The van der Waals surface area contributed by atoms with Crippen LogP contribution < -0.4 is 5.32 Å². The lowest BCUT2D eigenvalue weighted by atomic mass is 10.2. The van der Waals surface area contributed by atoms with Crippen molar-refractivity contribution in [3.63, 3.8) is 0 Å². The van der Waals surface area contributed by atoms with Crippen molar-refractivity contribution in [3.05, 3.63) is 38.9 Å². The van der Waals surface area contributed by atoms with Gasteiger partial charge in [0.25, 0.3) is 5.69 Å². The molecule has 1 aliphatic carbocycles. The Balaban J connectivity index is 1.88. The highest BCUT2D eigenvalue weighted by Crippen LogP contribution is 2.32. The summed E-state index contributed by atoms with van der Waals surface area (Å²) in [6, 6.07) is 4.72. The lowest BCUT2D eigenvalue weighted by molar-refractivity contribution is -0.384. The molecule has 5 nitrogen and oxygen atoms in total. The van der Waals surface area contributed by atoms with Gasteiger partial charge in [0.1, 0.15) is 5.02 Å². The Morgan fingerprint density at radius 1 is 1.56 bits per heavy atom. The Kier molecular flexibility index (Phi) is 4.16. The molecule has 0 aromatic heterocycles. The molecule has 0 bridgehead atoms. The molecule has 0 saturated heterocycles.